The molecule has 1 saturated heterocycles. The van der Waals surface area contributed by atoms with Crippen LogP contribution in [0.4, 0.5) is 0 Å². The van der Waals surface area contributed by atoms with Gasteiger partial charge in [-0.25, -0.2) is 8.42 Å². The number of rotatable bonds is 5. The molecule has 2 N–H and O–H groups in total. The summed E-state index contributed by atoms with van der Waals surface area (Å²) in [6.07, 6.45) is 2.95. The molecule has 8 nitrogen and oxygen atoms in total. The van der Waals surface area contributed by atoms with E-state index in [2.05, 4.69) is 0 Å². The maximum absolute atomic E-state index is 13.5. The van der Waals surface area contributed by atoms with Crippen LogP contribution in [-0.4, -0.2) is 68.3 Å². The average Bonchev–Trinajstić information content (AvgIpc) is 2.83. The standard InChI is InChI=1S/C24H30ClN3O5S.ClH/c1-33-23(29)14-21-15-27(10-11-28(21)24(30)16-3-7-20(26)8-4-16)34(31,32)22-9-5-17-12-19(25)6-2-18(17)13-22;/h2,5-6,9,12-13,16,20-21H,3-4,7-8,10-11,14-15,26H2,1H3;1H/t16-,20-,21?;. The summed E-state index contributed by atoms with van der Waals surface area (Å²) in [6.45, 7) is 0.427. The van der Waals surface area contributed by atoms with Crippen molar-refractivity contribution >= 4 is 56.7 Å². The number of fused-ring (bicyclic) bond motifs is 1. The second kappa shape index (κ2) is 11.4. The van der Waals surface area contributed by atoms with Crippen LogP contribution in [0.25, 0.3) is 10.8 Å². The largest absolute Gasteiger partial charge is 0.469 e. The molecule has 0 spiro atoms. The summed E-state index contributed by atoms with van der Waals surface area (Å²) in [6, 6.07) is 9.73. The fourth-order valence-corrected chi connectivity index (χ4v) is 6.58. The first kappa shape index (κ1) is 27.7. The molecule has 192 valence electrons. The van der Waals surface area contributed by atoms with Crippen LogP contribution in [0.3, 0.4) is 0 Å². The molecule has 1 unspecified atom stereocenters. The molecule has 2 aromatic rings. The fourth-order valence-electron chi connectivity index (χ4n) is 4.89. The molecule has 2 aromatic carbocycles. The number of carbonyl (C=O) groups excluding carboxylic acids is 2. The van der Waals surface area contributed by atoms with Crippen molar-refractivity contribution in [2.45, 2.75) is 49.1 Å². The van der Waals surface area contributed by atoms with Gasteiger partial charge >= 0.3 is 5.97 Å². The smallest absolute Gasteiger partial charge is 0.307 e. The summed E-state index contributed by atoms with van der Waals surface area (Å²) in [4.78, 5) is 27.2. The Morgan fingerprint density at radius 3 is 2.40 bits per heavy atom. The summed E-state index contributed by atoms with van der Waals surface area (Å²) in [5.74, 6) is -0.647. The van der Waals surface area contributed by atoms with E-state index < -0.39 is 22.0 Å². The average molecular weight is 545 g/mol. The van der Waals surface area contributed by atoms with Gasteiger partial charge in [-0.15, -0.1) is 12.4 Å². The number of sulfonamides is 1. The highest BCUT2D eigenvalue weighted by Crippen LogP contribution is 2.30. The molecule has 1 heterocycles. The zero-order valence-corrected chi connectivity index (χ0v) is 21.9. The summed E-state index contributed by atoms with van der Waals surface area (Å²) in [5.41, 5.74) is 5.98. The minimum atomic E-state index is -3.83. The maximum Gasteiger partial charge on any atom is 0.307 e. The van der Waals surface area contributed by atoms with Gasteiger partial charge in [0.2, 0.25) is 15.9 Å². The molecule has 0 radical (unpaired) electrons. The number of hydrogen-bond donors (Lipinski definition) is 1. The van der Waals surface area contributed by atoms with Gasteiger partial charge in [-0.05, 0) is 60.7 Å². The second-order valence-corrected chi connectivity index (χ2v) is 11.5. The number of benzene rings is 2. The number of amides is 1. The number of nitrogens with zero attached hydrogens (tertiary/aromatic N) is 2. The number of nitrogens with two attached hydrogens (primary N) is 1. The van der Waals surface area contributed by atoms with Gasteiger partial charge < -0.3 is 15.4 Å². The quantitative estimate of drug-likeness (QED) is 0.579. The van der Waals surface area contributed by atoms with E-state index in [1.165, 1.54) is 11.4 Å². The molecule has 1 atom stereocenters. The van der Waals surface area contributed by atoms with E-state index in [0.29, 0.717) is 17.9 Å². The molecule has 1 saturated carbocycles. The minimum absolute atomic E-state index is 0. The minimum Gasteiger partial charge on any atom is -0.469 e. The molecule has 0 bridgehead atoms. The van der Waals surface area contributed by atoms with Gasteiger partial charge in [0.15, 0.2) is 0 Å². The van der Waals surface area contributed by atoms with Crippen molar-refractivity contribution in [2.24, 2.45) is 11.7 Å². The maximum atomic E-state index is 13.5. The lowest BCUT2D eigenvalue weighted by Crippen LogP contribution is -2.58. The van der Waals surface area contributed by atoms with Crippen molar-refractivity contribution in [1.29, 1.82) is 0 Å². The molecule has 11 heteroatoms. The lowest BCUT2D eigenvalue weighted by molar-refractivity contribution is -0.147. The first-order valence-corrected chi connectivity index (χ1v) is 13.3. The van der Waals surface area contributed by atoms with Gasteiger partial charge in [-0.1, -0.05) is 23.7 Å². The van der Waals surface area contributed by atoms with Crippen molar-refractivity contribution in [3.05, 3.63) is 41.4 Å². The van der Waals surface area contributed by atoms with Crippen LogP contribution in [0.2, 0.25) is 5.02 Å². The molecule has 2 fully saturated rings. The van der Waals surface area contributed by atoms with Crippen LogP contribution >= 0.6 is 24.0 Å². The Labute approximate surface area is 217 Å². The molecule has 35 heavy (non-hydrogen) atoms. The van der Waals surface area contributed by atoms with Crippen LogP contribution < -0.4 is 5.73 Å². The van der Waals surface area contributed by atoms with Gasteiger partial charge in [0.25, 0.3) is 0 Å². The molecule has 2 aliphatic rings. The van der Waals surface area contributed by atoms with Crippen molar-refractivity contribution in [3.63, 3.8) is 0 Å². The Morgan fingerprint density at radius 2 is 1.71 bits per heavy atom. The molecule has 0 aromatic heterocycles. The highest BCUT2D eigenvalue weighted by atomic mass is 35.5. The number of esters is 1. The first-order valence-electron chi connectivity index (χ1n) is 11.5. The van der Waals surface area contributed by atoms with Crippen LogP contribution in [0.15, 0.2) is 41.3 Å². The third-order valence-corrected chi connectivity index (χ3v) is 8.99. The Kier molecular flexibility index (Phi) is 9.04. The van der Waals surface area contributed by atoms with E-state index in [-0.39, 0.29) is 61.2 Å². The van der Waals surface area contributed by atoms with E-state index in [1.54, 1.807) is 41.3 Å². The third-order valence-electron chi connectivity index (χ3n) is 6.89. The van der Waals surface area contributed by atoms with E-state index >= 15 is 0 Å². The van der Waals surface area contributed by atoms with Crippen molar-refractivity contribution in [3.8, 4) is 0 Å². The number of halogens is 2. The van der Waals surface area contributed by atoms with E-state index in [4.69, 9.17) is 22.1 Å². The monoisotopic (exact) mass is 543 g/mol. The highest BCUT2D eigenvalue weighted by Gasteiger charge is 2.40. The van der Waals surface area contributed by atoms with Crippen molar-refractivity contribution in [1.82, 2.24) is 9.21 Å². The fraction of sp³-hybridized carbons (Fsp3) is 0.500. The molecular weight excluding hydrogens is 513 g/mol. The van der Waals surface area contributed by atoms with Crippen LogP contribution in [-0.2, 0) is 24.3 Å². The van der Waals surface area contributed by atoms with Gasteiger partial charge in [-0.2, -0.15) is 4.31 Å². The van der Waals surface area contributed by atoms with Crippen molar-refractivity contribution < 1.29 is 22.7 Å². The zero-order valence-electron chi connectivity index (χ0n) is 19.6. The Bertz CT molecular complexity index is 1180. The Balaban J connectivity index is 0.00000342. The Morgan fingerprint density at radius 1 is 1.06 bits per heavy atom. The number of hydrogen-bond acceptors (Lipinski definition) is 6. The van der Waals surface area contributed by atoms with E-state index in [0.717, 1.165) is 23.6 Å². The van der Waals surface area contributed by atoms with Crippen LogP contribution in [0, 0.1) is 5.92 Å². The normalized spacial score (nSPS) is 23.5. The molecule has 1 aliphatic heterocycles. The highest BCUT2D eigenvalue weighted by molar-refractivity contribution is 7.89. The van der Waals surface area contributed by atoms with E-state index in [1.807, 2.05) is 0 Å². The Hall–Kier alpha value is -1.91. The number of methoxy groups -OCH3 is 1. The van der Waals surface area contributed by atoms with Gasteiger partial charge in [0.05, 0.1) is 24.5 Å². The van der Waals surface area contributed by atoms with Crippen molar-refractivity contribution in [2.75, 3.05) is 26.7 Å². The zero-order chi connectivity index (χ0) is 24.5. The lowest BCUT2D eigenvalue weighted by atomic mass is 9.85. The summed E-state index contributed by atoms with van der Waals surface area (Å²) < 4.78 is 33.1. The number of ether oxygens (including phenoxy) is 1. The van der Waals surface area contributed by atoms with Gasteiger partial charge in [0.1, 0.15) is 0 Å². The van der Waals surface area contributed by atoms with E-state index in [9.17, 15) is 18.0 Å². The predicted molar refractivity (Wildman–Crippen MR) is 137 cm³/mol. The van der Waals surface area contributed by atoms with Gasteiger partial charge in [-0.3, -0.25) is 9.59 Å². The topological polar surface area (TPSA) is 110 Å². The first-order chi connectivity index (χ1) is 16.2. The molecule has 1 aliphatic carbocycles. The molecular formula is C24H31Cl2N3O5S. The molecule has 1 amide bonds. The predicted octanol–water partition coefficient (Wildman–Crippen LogP) is 3.20. The summed E-state index contributed by atoms with van der Waals surface area (Å²) in [5, 5.41) is 2.19. The SMILES string of the molecule is COC(=O)CC1CN(S(=O)(=O)c2ccc3cc(Cl)ccc3c2)CCN1C(=O)[C@H]1CC[C@H](N)CC1.Cl. The summed E-state index contributed by atoms with van der Waals surface area (Å²) in [7, 11) is -2.54. The number of piperazine rings is 1. The van der Waals surface area contributed by atoms with Crippen LogP contribution in [0.1, 0.15) is 32.1 Å². The summed E-state index contributed by atoms with van der Waals surface area (Å²) >= 11 is 6.04. The lowest BCUT2D eigenvalue weighted by Gasteiger charge is -2.42. The van der Waals surface area contributed by atoms with Crippen LogP contribution in [0.5, 0.6) is 0 Å². The molecule has 4 rings (SSSR count). The number of carbonyl (C=O) groups is 2. The van der Waals surface area contributed by atoms with Gasteiger partial charge in [0, 0.05) is 36.6 Å². The second-order valence-electron chi connectivity index (χ2n) is 9.09. The third kappa shape index (κ3) is 6.09.